The van der Waals surface area contributed by atoms with Crippen molar-refractivity contribution in [2.45, 2.75) is 0 Å². The van der Waals surface area contributed by atoms with Crippen LogP contribution in [0, 0.1) is 0 Å². The Balaban J connectivity index is 1.70. The average Bonchev–Trinajstić information content (AvgIpc) is 2.74. The third kappa shape index (κ3) is 2.32. The van der Waals surface area contributed by atoms with E-state index in [1.807, 2.05) is 18.3 Å². The van der Waals surface area contributed by atoms with Crippen LogP contribution in [0.15, 0.2) is 79.3 Å². The van der Waals surface area contributed by atoms with Gasteiger partial charge in [0.2, 0.25) is 0 Å². The van der Waals surface area contributed by atoms with E-state index >= 15 is 0 Å². The monoisotopic (exact) mass is 512 g/mol. The summed E-state index contributed by atoms with van der Waals surface area (Å²) in [5, 5.41) is 3.19. The molecule has 0 saturated heterocycles. The first-order valence-electron chi connectivity index (χ1n) is 8.85. The molecule has 2 aliphatic heterocycles. The number of aromatic nitrogens is 2. The summed E-state index contributed by atoms with van der Waals surface area (Å²) >= 11 is 0.268. The molecule has 0 saturated carbocycles. The van der Waals surface area contributed by atoms with E-state index in [2.05, 4.69) is 58.5 Å². The Morgan fingerprint density at radius 3 is 1.93 bits per heavy atom. The molecule has 6 heteroatoms. The van der Waals surface area contributed by atoms with Gasteiger partial charge in [0, 0.05) is 0 Å². The topological polar surface area (TPSA) is 42.9 Å². The summed E-state index contributed by atoms with van der Waals surface area (Å²) in [6.07, 6.45) is 5.23. The molecule has 0 spiro atoms. The SMILES string of the molecule is O=P12c3ccccc3[Se]c3cc(-c4cnccn4)cc(c31)[Se]c1ccccc12. The fraction of sp³-hybridized carbons (Fsp3) is 0. The molecule has 0 aliphatic carbocycles. The van der Waals surface area contributed by atoms with Gasteiger partial charge in [-0.25, -0.2) is 0 Å². The zero-order valence-corrected chi connectivity index (χ0v) is 18.9. The first-order chi connectivity index (χ1) is 13.7. The Labute approximate surface area is 175 Å². The van der Waals surface area contributed by atoms with Gasteiger partial charge in [-0.05, 0) is 0 Å². The molecule has 0 unspecified atom stereocenters. The number of fused-ring (bicyclic) bond motifs is 4. The Morgan fingerprint density at radius 2 is 1.36 bits per heavy atom. The van der Waals surface area contributed by atoms with Crippen LogP contribution in [0.4, 0.5) is 0 Å². The molecule has 0 N–H and O–H groups in total. The van der Waals surface area contributed by atoms with E-state index in [1.54, 1.807) is 12.4 Å². The van der Waals surface area contributed by atoms with E-state index < -0.39 is 7.14 Å². The van der Waals surface area contributed by atoms with Crippen molar-refractivity contribution in [2.75, 3.05) is 0 Å². The first kappa shape index (κ1) is 16.9. The molecule has 3 nitrogen and oxygen atoms in total. The fourth-order valence-corrected chi connectivity index (χ4v) is 15.2. The predicted octanol–water partition coefficient (Wildman–Crippen LogP) is -0.280. The molecule has 0 amide bonds. The average molecular weight is 510 g/mol. The Bertz CT molecular complexity index is 1230. The van der Waals surface area contributed by atoms with Gasteiger partial charge < -0.3 is 0 Å². The zero-order chi connectivity index (χ0) is 18.7. The number of benzene rings is 3. The summed E-state index contributed by atoms with van der Waals surface area (Å²) in [5.74, 6) is 0. The van der Waals surface area contributed by atoms with Crippen LogP contribution < -0.4 is 33.8 Å². The van der Waals surface area contributed by atoms with Gasteiger partial charge in [0.1, 0.15) is 0 Å². The van der Waals surface area contributed by atoms with Gasteiger partial charge in [0.25, 0.3) is 0 Å². The molecule has 3 aromatic carbocycles. The van der Waals surface area contributed by atoms with Crippen LogP contribution in [0.5, 0.6) is 0 Å². The molecule has 4 aromatic rings. The van der Waals surface area contributed by atoms with Crippen molar-refractivity contribution < 1.29 is 4.57 Å². The molecule has 0 radical (unpaired) electrons. The van der Waals surface area contributed by atoms with Gasteiger partial charge in [-0.2, -0.15) is 0 Å². The van der Waals surface area contributed by atoms with Gasteiger partial charge in [-0.3, -0.25) is 0 Å². The van der Waals surface area contributed by atoms with Crippen molar-refractivity contribution in [1.29, 1.82) is 0 Å². The Hall–Kier alpha value is -1.99. The van der Waals surface area contributed by atoms with Crippen LogP contribution in [-0.4, -0.2) is 39.9 Å². The third-order valence-corrected chi connectivity index (χ3v) is 14.4. The molecule has 0 atom stereocenters. The number of hydrogen-bond acceptors (Lipinski definition) is 3. The summed E-state index contributed by atoms with van der Waals surface area (Å²) in [4.78, 5) is 8.73. The standard InChI is InChI=1S/C22H13N2OPSe2/c25-26-16-5-1-3-7-18(16)27-20-11-14(15-13-23-9-10-24-15)12-21(22(20)26)28-19-8-4-2-6-17(19)26/h1-13H. The molecule has 28 heavy (non-hydrogen) atoms. The summed E-state index contributed by atoms with van der Waals surface area (Å²) < 4.78 is 19.7. The van der Waals surface area contributed by atoms with Crippen LogP contribution in [0.25, 0.3) is 11.3 Å². The minimum atomic E-state index is -2.83. The summed E-state index contributed by atoms with van der Waals surface area (Å²) in [6.45, 7) is 0. The normalized spacial score (nSPS) is 15.3. The van der Waals surface area contributed by atoms with E-state index in [1.165, 1.54) is 17.8 Å². The molecule has 1 aromatic heterocycles. The van der Waals surface area contributed by atoms with Crippen LogP contribution >= 0.6 is 7.14 Å². The molecule has 2 aliphatic rings. The molecule has 6 rings (SSSR count). The maximum atomic E-state index is 14.8. The second kappa shape index (κ2) is 6.25. The van der Waals surface area contributed by atoms with Crippen LogP contribution in [0.3, 0.4) is 0 Å². The van der Waals surface area contributed by atoms with Gasteiger partial charge in [0.05, 0.1) is 0 Å². The van der Waals surface area contributed by atoms with Crippen molar-refractivity contribution in [2.24, 2.45) is 0 Å². The van der Waals surface area contributed by atoms with Gasteiger partial charge in [-0.1, -0.05) is 0 Å². The van der Waals surface area contributed by atoms with Crippen LogP contribution in [0.2, 0.25) is 0 Å². The van der Waals surface area contributed by atoms with E-state index in [9.17, 15) is 4.57 Å². The second-order valence-electron chi connectivity index (χ2n) is 6.66. The maximum absolute atomic E-state index is 14.8. The van der Waals surface area contributed by atoms with E-state index in [0.29, 0.717) is 0 Å². The quantitative estimate of drug-likeness (QED) is 0.226. The van der Waals surface area contributed by atoms with Crippen molar-refractivity contribution in [1.82, 2.24) is 9.97 Å². The second-order valence-corrected chi connectivity index (χ2v) is 13.8. The third-order valence-electron chi connectivity index (χ3n) is 5.06. The number of hydrogen-bond donors (Lipinski definition) is 0. The molecular weight excluding hydrogens is 497 g/mol. The molecule has 0 fully saturated rings. The van der Waals surface area contributed by atoms with E-state index in [4.69, 9.17) is 0 Å². The Kier molecular flexibility index (Phi) is 3.78. The van der Waals surface area contributed by atoms with E-state index in [-0.39, 0.29) is 29.9 Å². The molecular formula is C22H13N2OPSe2. The fourth-order valence-electron chi connectivity index (χ4n) is 3.86. The molecule has 3 heterocycles. The summed E-state index contributed by atoms with van der Waals surface area (Å²) in [5.41, 5.74) is 1.96. The predicted molar refractivity (Wildman–Crippen MR) is 117 cm³/mol. The van der Waals surface area contributed by atoms with E-state index in [0.717, 1.165) is 27.2 Å². The van der Waals surface area contributed by atoms with Crippen molar-refractivity contribution in [3.05, 3.63) is 79.3 Å². The zero-order valence-electron chi connectivity index (χ0n) is 14.6. The summed E-state index contributed by atoms with van der Waals surface area (Å²) in [6, 6.07) is 21.0. The van der Waals surface area contributed by atoms with Crippen LogP contribution in [-0.2, 0) is 4.57 Å². The van der Waals surface area contributed by atoms with Gasteiger partial charge in [0.15, 0.2) is 0 Å². The number of nitrogens with zero attached hydrogens (tertiary/aromatic N) is 2. The van der Waals surface area contributed by atoms with Crippen molar-refractivity contribution in [3.63, 3.8) is 0 Å². The Morgan fingerprint density at radius 1 is 0.750 bits per heavy atom. The molecule has 134 valence electrons. The van der Waals surface area contributed by atoms with Crippen molar-refractivity contribution in [3.8, 4) is 11.3 Å². The van der Waals surface area contributed by atoms with Gasteiger partial charge in [-0.15, -0.1) is 0 Å². The van der Waals surface area contributed by atoms with Crippen LogP contribution in [0.1, 0.15) is 0 Å². The summed E-state index contributed by atoms with van der Waals surface area (Å²) in [7, 11) is -2.83. The first-order valence-corrected chi connectivity index (χ1v) is 14.0. The van der Waals surface area contributed by atoms with Crippen molar-refractivity contribution >= 4 is 70.8 Å². The number of rotatable bonds is 1. The molecule has 0 bridgehead atoms. The van der Waals surface area contributed by atoms with Gasteiger partial charge >= 0.3 is 176 Å². The minimum absolute atomic E-state index is 0.134.